The van der Waals surface area contributed by atoms with Crippen LogP contribution in [0.3, 0.4) is 0 Å². The fraction of sp³-hybridized carbons (Fsp3) is 0.833. The standard InChI is InChI=1S/C6H13N2O2S/c1-7(2)11(9,10)8-5-3-4-6-8/h5H,3-4,6H2,1-2H3. The molecular weight excluding hydrogens is 164 g/mol. The van der Waals surface area contributed by atoms with Crippen LogP contribution in [0.2, 0.25) is 0 Å². The predicted octanol–water partition coefficient (Wildman–Crippen LogP) is 0.0504. The van der Waals surface area contributed by atoms with Crippen LogP contribution in [0.4, 0.5) is 0 Å². The van der Waals surface area contributed by atoms with Crippen LogP contribution in [0.25, 0.3) is 0 Å². The fourth-order valence-electron chi connectivity index (χ4n) is 0.993. The maximum absolute atomic E-state index is 11.4. The molecule has 5 heteroatoms. The topological polar surface area (TPSA) is 40.6 Å². The van der Waals surface area contributed by atoms with Gasteiger partial charge in [0.15, 0.2) is 0 Å². The van der Waals surface area contributed by atoms with Gasteiger partial charge in [0.05, 0.1) is 0 Å². The van der Waals surface area contributed by atoms with Crippen LogP contribution in [0.15, 0.2) is 0 Å². The van der Waals surface area contributed by atoms with Crippen molar-refractivity contribution >= 4 is 10.2 Å². The van der Waals surface area contributed by atoms with E-state index in [-0.39, 0.29) is 0 Å². The van der Waals surface area contributed by atoms with Crippen LogP contribution in [0.5, 0.6) is 0 Å². The number of rotatable bonds is 2. The van der Waals surface area contributed by atoms with E-state index in [4.69, 9.17) is 0 Å². The molecule has 11 heavy (non-hydrogen) atoms. The molecule has 0 amide bonds. The van der Waals surface area contributed by atoms with E-state index in [1.807, 2.05) is 0 Å². The molecule has 1 fully saturated rings. The van der Waals surface area contributed by atoms with Crippen LogP contribution in [0.1, 0.15) is 12.8 Å². The SMILES string of the molecule is CN(C)S(=O)(=O)N1[CH]CCC1. The van der Waals surface area contributed by atoms with Crippen LogP contribution >= 0.6 is 0 Å². The third-order valence-electron chi connectivity index (χ3n) is 1.67. The molecule has 0 saturated carbocycles. The number of nitrogens with zero attached hydrogens (tertiary/aromatic N) is 2. The van der Waals surface area contributed by atoms with Crippen molar-refractivity contribution in [1.82, 2.24) is 8.61 Å². The molecule has 0 N–H and O–H groups in total. The van der Waals surface area contributed by atoms with Crippen molar-refractivity contribution in [3.8, 4) is 0 Å². The van der Waals surface area contributed by atoms with E-state index < -0.39 is 10.2 Å². The Morgan fingerprint density at radius 2 is 2.09 bits per heavy atom. The minimum Gasteiger partial charge on any atom is -0.195 e. The number of hydrogen-bond acceptors (Lipinski definition) is 2. The molecule has 0 atom stereocenters. The zero-order valence-electron chi connectivity index (χ0n) is 6.82. The highest BCUT2D eigenvalue weighted by Crippen LogP contribution is 2.17. The summed E-state index contributed by atoms with van der Waals surface area (Å²) in [5, 5.41) is 0. The first-order valence-corrected chi connectivity index (χ1v) is 4.97. The van der Waals surface area contributed by atoms with E-state index in [1.165, 1.54) is 8.61 Å². The summed E-state index contributed by atoms with van der Waals surface area (Å²) in [6.45, 7) is 2.36. The lowest BCUT2D eigenvalue weighted by Crippen LogP contribution is -2.36. The molecule has 65 valence electrons. The zero-order chi connectivity index (χ0) is 8.48. The second-order valence-electron chi connectivity index (χ2n) is 2.73. The largest absolute Gasteiger partial charge is 0.281 e. The van der Waals surface area contributed by atoms with E-state index in [1.54, 1.807) is 20.6 Å². The summed E-state index contributed by atoms with van der Waals surface area (Å²) < 4.78 is 25.3. The van der Waals surface area contributed by atoms with Crippen molar-refractivity contribution < 1.29 is 8.42 Å². The van der Waals surface area contributed by atoms with Crippen molar-refractivity contribution in [2.24, 2.45) is 0 Å². The molecule has 0 aromatic rings. The van der Waals surface area contributed by atoms with Gasteiger partial charge in [-0.2, -0.15) is 17.0 Å². The highest BCUT2D eigenvalue weighted by atomic mass is 32.2. The molecule has 4 nitrogen and oxygen atoms in total. The number of hydrogen-bond donors (Lipinski definition) is 0. The molecule has 0 bridgehead atoms. The van der Waals surface area contributed by atoms with Gasteiger partial charge in [0.2, 0.25) is 0 Å². The molecule has 1 radical (unpaired) electrons. The Balaban J connectivity index is 2.72. The highest BCUT2D eigenvalue weighted by Gasteiger charge is 2.27. The summed E-state index contributed by atoms with van der Waals surface area (Å²) in [4.78, 5) is 0. The molecule has 0 aliphatic carbocycles. The monoisotopic (exact) mass is 177 g/mol. The first-order valence-electron chi connectivity index (χ1n) is 3.58. The molecule has 1 heterocycles. The summed E-state index contributed by atoms with van der Waals surface area (Å²) in [6, 6.07) is 0. The molecule has 1 rings (SSSR count). The minimum absolute atomic E-state index is 0.626. The molecule has 1 aliphatic heterocycles. The molecule has 0 spiro atoms. The third-order valence-corrected chi connectivity index (χ3v) is 3.52. The Labute approximate surface area is 68.0 Å². The maximum Gasteiger partial charge on any atom is 0.281 e. The average molecular weight is 177 g/mol. The van der Waals surface area contributed by atoms with E-state index in [0.717, 1.165) is 12.8 Å². The van der Waals surface area contributed by atoms with Gasteiger partial charge >= 0.3 is 0 Å². The smallest absolute Gasteiger partial charge is 0.195 e. The molecule has 1 aliphatic rings. The lowest BCUT2D eigenvalue weighted by molar-refractivity contribution is 0.443. The van der Waals surface area contributed by atoms with Crippen molar-refractivity contribution in [3.05, 3.63) is 6.54 Å². The summed E-state index contributed by atoms with van der Waals surface area (Å²) in [5.74, 6) is 0. The summed E-state index contributed by atoms with van der Waals surface area (Å²) in [6.07, 6.45) is 1.81. The van der Waals surface area contributed by atoms with Gasteiger partial charge in [-0.15, -0.1) is 0 Å². The van der Waals surface area contributed by atoms with E-state index in [0.29, 0.717) is 6.54 Å². The van der Waals surface area contributed by atoms with Gasteiger partial charge in [-0.3, -0.25) is 0 Å². The van der Waals surface area contributed by atoms with Gasteiger partial charge in [0.25, 0.3) is 10.2 Å². The summed E-state index contributed by atoms with van der Waals surface area (Å²) >= 11 is 0. The van der Waals surface area contributed by atoms with Crippen LogP contribution in [-0.2, 0) is 10.2 Å². The lowest BCUT2D eigenvalue weighted by Gasteiger charge is -2.19. The third kappa shape index (κ3) is 1.72. The van der Waals surface area contributed by atoms with E-state index in [2.05, 4.69) is 0 Å². The van der Waals surface area contributed by atoms with Gasteiger partial charge in [0.1, 0.15) is 0 Å². The first-order chi connectivity index (χ1) is 5.05. The van der Waals surface area contributed by atoms with Crippen LogP contribution in [0, 0.1) is 6.54 Å². The van der Waals surface area contributed by atoms with Gasteiger partial charge < -0.3 is 0 Å². The molecular formula is C6H13N2O2S. The van der Waals surface area contributed by atoms with Crippen LogP contribution in [-0.4, -0.2) is 37.7 Å². The average Bonchev–Trinajstić information content (AvgIpc) is 2.37. The first kappa shape index (κ1) is 8.96. The summed E-state index contributed by atoms with van der Waals surface area (Å²) in [7, 11) is -0.0792. The van der Waals surface area contributed by atoms with Gasteiger partial charge in [-0.05, 0) is 12.8 Å². The zero-order valence-corrected chi connectivity index (χ0v) is 7.63. The Kier molecular flexibility index (Phi) is 2.51. The van der Waals surface area contributed by atoms with Gasteiger partial charge in [0, 0.05) is 27.2 Å². The molecule has 1 saturated heterocycles. The van der Waals surface area contributed by atoms with Crippen LogP contribution < -0.4 is 0 Å². The fourth-order valence-corrected chi connectivity index (χ4v) is 2.07. The van der Waals surface area contributed by atoms with Crippen molar-refractivity contribution in [3.63, 3.8) is 0 Å². The highest BCUT2D eigenvalue weighted by molar-refractivity contribution is 7.86. The van der Waals surface area contributed by atoms with E-state index in [9.17, 15) is 8.42 Å². The van der Waals surface area contributed by atoms with E-state index >= 15 is 0 Å². The predicted molar refractivity (Wildman–Crippen MR) is 42.8 cm³/mol. The Morgan fingerprint density at radius 3 is 2.45 bits per heavy atom. The van der Waals surface area contributed by atoms with Gasteiger partial charge in [-0.1, -0.05) is 0 Å². The minimum atomic E-state index is -3.17. The Hall–Kier alpha value is -0.130. The normalized spacial score (nSPS) is 21.4. The molecule has 0 unspecified atom stereocenters. The molecule has 0 aromatic carbocycles. The second-order valence-corrected chi connectivity index (χ2v) is 4.82. The van der Waals surface area contributed by atoms with Crippen molar-refractivity contribution in [1.29, 1.82) is 0 Å². The Morgan fingerprint density at radius 1 is 1.45 bits per heavy atom. The molecule has 0 aromatic heterocycles. The lowest BCUT2D eigenvalue weighted by atomic mass is 10.4. The Bertz CT molecular complexity index is 217. The van der Waals surface area contributed by atoms with Crippen molar-refractivity contribution in [2.75, 3.05) is 20.6 Å². The van der Waals surface area contributed by atoms with Gasteiger partial charge in [-0.25, -0.2) is 0 Å². The maximum atomic E-state index is 11.4. The quantitative estimate of drug-likeness (QED) is 0.598. The van der Waals surface area contributed by atoms with Crippen molar-refractivity contribution in [2.45, 2.75) is 12.8 Å². The second kappa shape index (κ2) is 3.08. The summed E-state index contributed by atoms with van der Waals surface area (Å²) in [5.41, 5.74) is 0.